The van der Waals surface area contributed by atoms with Crippen molar-refractivity contribution in [2.75, 3.05) is 6.61 Å². The van der Waals surface area contributed by atoms with Crippen molar-refractivity contribution in [2.24, 2.45) is 12.1 Å². The van der Waals surface area contributed by atoms with Crippen LogP contribution in [0.4, 0.5) is 0 Å². The lowest BCUT2D eigenvalue weighted by atomic mass is 10.3. The highest BCUT2D eigenvalue weighted by molar-refractivity contribution is 7.18. The number of thiazole rings is 2. The Kier molecular flexibility index (Phi) is 4.79. The lowest BCUT2D eigenvalue weighted by molar-refractivity contribution is -0.126. The van der Waals surface area contributed by atoms with Gasteiger partial charge < -0.3 is 9.30 Å². The van der Waals surface area contributed by atoms with Gasteiger partial charge in [-0.3, -0.25) is 4.79 Å². The summed E-state index contributed by atoms with van der Waals surface area (Å²) in [6.45, 7) is 0.247. The number of para-hydroxylation sites is 2. The molecule has 0 aliphatic carbocycles. The maximum absolute atomic E-state index is 12.0. The van der Waals surface area contributed by atoms with E-state index in [1.165, 1.54) is 11.3 Å². The SMILES string of the molecule is Cn1/c(=N/NC(=O)COCc2nc3ccccc3s2)sc2ccccc21. The van der Waals surface area contributed by atoms with E-state index < -0.39 is 0 Å². The summed E-state index contributed by atoms with van der Waals surface area (Å²) in [6, 6.07) is 15.9. The Hall–Kier alpha value is -2.55. The lowest BCUT2D eigenvalue weighted by Gasteiger charge is -2.00. The lowest BCUT2D eigenvalue weighted by Crippen LogP contribution is -2.26. The van der Waals surface area contributed by atoms with Crippen LogP contribution in [0, 0.1) is 0 Å². The summed E-state index contributed by atoms with van der Waals surface area (Å²) in [4.78, 5) is 17.2. The average molecular weight is 384 g/mol. The van der Waals surface area contributed by atoms with Crippen LogP contribution < -0.4 is 10.2 Å². The summed E-state index contributed by atoms with van der Waals surface area (Å²) in [5.74, 6) is -0.288. The molecule has 132 valence electrons. The Balaban J connectivity index is 1.35. The molecule has 1 amide bonds. The first-order valence-corrected chi connectivity index (χ1v) is 9.63. The number of benzene rings is 2. The Bertz CT molecular complexity index is 1110. The third-order valence-corrected chi connectivity index (χ3v) is 5.91. The van der Waals surface area contributed by atoms with Gasteiger partial charge in [0.05, 0.1) is 27.0 Å². The van der Waals surface area contributed by atoms with E-state index in [0.717, 1.165) is 30.2 Å². The van der Waals surface area contributed by atoms with Crippen molar-refractivity contribution >= 4 is 49.0 Å². The molecule has 2 aromatic carbocycles. The molecule has 4 aromatic rings. The van der Waals surface area contributed by atoms with E-state index in [9.17, 15) is 4.79 Å². The van der Waals surface area contributed by atoms with Crippen molar-refractivity contribution in [2.45, 2.75) is 6.61 Å². The van der Waals surface area contributed by atoms with Crippen LogP contribution in [0.2, 0.25) is 0 Å². The fourth-order valence-electron chi connectivity index (χ4n) is 2.54. The molecule has 0 bridgehead atoms. The van der Waals surface area contributed by atoms with E-state index in [0.29, 0.717) is 6.61 Å². The number of hydrogen-bond donors (Lipinski definition) is 1. The number of hydrogen-bond acceptors (Lipinski definition) is 6. The molecule has 1 N–H and O–H groups in total. The fourth-order valence-corrected chi connectivity index (χ4v) is 4.43. The third kappa shape index (κ3) is 3.52. The number of rotatable bonds is 5. The summed E-state index contributed by atoms with van der Waals surface area (Å²) in [7, 11) is 1.92. The predicted octanol–water partition coefficient (Wildman–Crippen LogP) is 3.00. The van der Waals surface area contributed by atoms with Gasteiger partial charge in [-0.1, -0.05) is 35.6 Å². The standard InChI is InChI=1S/C18H16N4O2S2/c1-22-13-7-3-5-9-15(13)26-18(22)21-20-16(23)10-24-11-17-19-12-6-2-4-8-14(12)25-17/h2-9H,10-11H2,1H3,(H,20,23)/b21-18-. The number of nitrogens with zero attached hydrogens (tertiary/aromatic N) is 3. The van der Waals surface area contributed by atoms with Crippen molar-refractivity contribution in [3.05, 3.63) is 58.3 Å². The summed E-state index contributed by atoms with van der Waals surface area (Å²) in [6.07, 6.45) is 0. The quantitative estimate of drug-likeness (QED) is 0.538. The minimum absolute atomic E-state index is 0.0615. The topological polar surface area (TPSA) is 68.5 Å². The van der Waals surface area contributed by atoms with Crippen molar-refractivity contribution in [3.8, 4) is 0 Å². The van der Waals surface area contributed by atoms with Gasteiger partial charge in [0.2, 0.25) is 4.80 Å². The Labute approximate surface area is 157 Å². The van der Waals surface area contributed by atoms with Crippen molar-refractivity contribution in [1.82, 2.24) is 15.0 Å². The predicted molar refractivity (Wildman–Crippen MR) is 104 cm³/mol. The van der Waals surface area contributed by atoms with Gasteiger partial charge in [0.1, 0.15) is 11.6 Å². The number of nitrogens with one attached hydrogen (secondary N) is 1. The van der Waals surface area contributed by atoms with E-state index in [1.54, 1.807) is 11.3 Å². The molecule has 0 saturated heterocycles. The summed E-state index contributed by atoms with van der Waals surface area (Å²) in [5.41, 5.74) is 4.58. The molecule has 0 spiro atoms. The second kappa shape index (κ2) is 7.36. The summed E-state index contributed by atoms with van der Waals surface area (Å²) in [5, 5.41) is 5.05. The maximum atomic E-state index is 12.0. The zero-order valence-corrected chi connectivity index (χ0v) is 15.6. The first-order chi connectivity index (χ1) is 12.7. The number of aryl methyl sites for hydroxylation is 1. The summed E-state index contributed by atoms with van der Waals surface area (Å²) < 4.78 is 9.64. The number of carbonyl (C=O) groups excluding carboxylic acids is 1. The molecule has 0 aliphatic heterocycles. The number of aromatic nitrogens is 2. The molecule has 2 aromatic heterocycles. The molecule has 8 heteroatoms. The van der Waals surface area contributed by atoms with Crippen LogP contribution in [-0.4, -0.2) is 22.1 Å². The summed E-state index contributed by atoms with van der Waals surface area (Å²) >= 11 is 3.09. The first kappa shape index (κ1) is 16.9. The van der Waals surface area contributed by atoms with E-state index in [1.807, 2.05) is 60.1 Å². The minimum Gasteiger partial charge on any atom is -0.364 e. The molecule has 26 heavy (non-hydrogen) atoms. The molecule has 0 fully saturated rings. The number of amides is 1. The Morgan fingerprint density at radius 3 is 2.73 bits per heavy atom. The van der Waals surface area contributed by atoms with E-state index >= 15 is 0 Å². The molecule has 0 unspecified atom stereocenters. The minimum atomic E-state index is -0.288. The molecule has 6 nitrogen and oxygen atoms in total. The van der Waals surface area contributed by atoms with Crippen molar-refractivity contribution in [3.63, 3.8) is 0 Å². The molecular weight excluding hydrogens is 368 g/mol. The highest BCUT2D eigenvalue weighted by atomic mass is 32.1. The van der Waals surface area contributed by atoms with Crippen LogP contribution in [0.1, 0.15) is 5.01 Å². The van der Waals surface area contributed by atoms with Crippen LogP contribution in [-0.2, 0) is 23.2 Å². The molecular formula is C18H16N4O2S2. The van der Waals surface area contributed by atoms with Crippen LogP contribution in [0.25, 0.3) is 20.4 Å². The average Bonchev–Trinajstić information content (AvgIpc) is 3.21. The molecule has 0 atom stereocenters. The van der Waals surface area contributed by atoms with Crippen molar-refractivity contribution < 1.29 is 9.53 Å². The maximum Gasteiger partial charge on any atom is 0.266 e. The van der Waals surface area contributed by atoms with Crippen LogP contribution in [0.5, 0.6) is 0 Å². The van der Waals surface area contributed by atoms with Gasteiger partial charge in [0.25, 0.3) is 5.91 Å². The van der Waals surface area contributed by atoms with Gasteiger partial charge in [0.15, 0.2) is 0 Å². The zero-order valence-electron chi connectivity index (χ0n) is 14.0. The zero-order chi connectivity index (χ0) is 17.9. The Morgan fingerprint density at radius 2 is 1.92 bits per heavy atom. The van der Waals surface area contributed by atoms with Crippen LogP contribution >= 0.6 is 22.7 Å². The highest BCUT2D eigenvalue weighted by Gasteiger charge is 2.06. The van der Waals surface area contributed by atoms with Gasteiger partial charge >= 0.3 is 0 Å². The smallest absolute Gasteiger partial charge is 0.266 e. The normalized spacial score (nSPS) is 12.1. The molecule has 0 radical (unpaired) electrons. The van der Waals surface area contributed by atoms with Gasteiger partial charge in [0, 0.05) is 7.05 Å². The number of ether oxygens (including phenoxy) is 1. The van der Waals surface area contributed by atoms with E-state index in [-0.39, 0.29) is 12.5 Å². The first-order valence-electron chi connectivity index (χ1n) is 8.00. The molecule has 0 saturated carbocycles. The van der Waals surface area contributed by atoms with Gasteiger partial charge in [-0.15, -0.1) is 16.4 Å². The highest BCUT2D eigenvalue weighted by Crippen LogP contribution is 2.21. The number of carbonyl (C=O) groups is 1. The third-order valence-electron chi connectivity index (χ3n) is 3.79. The van der Waals surface area contributed by atoms with Gasteiger partial charge in [-0.2, -0.15) is 0 Å². The second-order valence-corrected chi connectivity index (χ2v) is 7.75. The van der Waals surface area contributed by atoms with Gasteiger partial charge in [-0.05, 0) is 24.3 Å². The molecule has 2 heterocycles. The monoisotopic (exact) mass is 384 g/mol. The van der Waals surface area contributed by atoms with Crippen molar-refractivity contribution in [1.29, 1.82) is 0 Å². The molecule has 0 aliphatic rings. The van der Waals surface area contributed by atoms with E-state index in [2.05, 4.69) is 15.5 Å². The second-order valence-electron chi connectivity index (χ2n) is 5.63. The van der Waals surface area contributed by atoms with Crippen LogP contribution in [0.15, 0.2) is 53.6 Å². The fraction of sp³-hybridized carbons (Fsp3) is 0.167. The van der Waals surface area contributed by atoms with Crippen LogP contribution in [0.3, 0.4) is 0 Å². The number of fused-ring (bicyclic) bond motifs is 2. The van der Waals surface area contributed by atoms with E-state index in [4.69, 9.17) is 4.74 Å². The van der Waals surface area contributed by atoms with Gasteiger partial charge in [-0.25, -0.2) is 10.4 Å². The molecule has 4 rings (SSSR count). The largest absolute Gasteiger partial charge is 0.364 e. The Morgan fingerprint density at radius 1 is 1.15 bits per heavy atom.